The third kappa shape index (κ3) is 2.67. The zero-order valence-electron chi connectivity index (χ0n) is 8.41. The number of nitrogens with two attached hydrogens (primary N) is 1. The Morgan fingerprint density at radius 3 is 3.07 bits per heavy atom. The van der Waals surface area contributed by atoms with Crippen LogP contribution in [-0.2, 0) is 16.1 Å². The van der Waals surface area contributed by atoms with Gasteiger partial charge in [-0.2, -0.15) is 0 Å². The van der Waals surface area contributed by atoms with Crippen LogP contribution in [0, 0.1) is 5.82 Å². The van der Waals surface area contributed by atoms with E-state index in [9.17, 15) is 4.39 Å². The van der Waals surface area contributed by atoms with Crippen molar-refractivity contribution in [2.45, 2.75) is 19.1 Å². The zero-order chi connectivity index (χ0) is 10.7. The Bertz CT molecular complexity index is 337. The summed E-state index contributed by atoms with van der Waals surface area (Å²) in [5, 5.41) is 0. The zero-order valence-corrected chi connectivity index (χ0v) is 8.41. The molecule has 2 N–H and O–H groups in total. The summed E-state index contributed by atoms with van der Waals surface area (Å²) in [6, 6.07) is 4.35. The van der Waals surface area contributed by atoms with Crippen LogP contribution in [0.25, 0.3) is 0 Å². The minimum atomic E-state index is -0.319. The van der Waals surface area contributed by atoms with Gasteiger partial charge in [-0.05, 0) is 18.6 Å². The van der Waals surface area contributed by atoms with Crippen molar-refractivity contribution in [3.05, 3.63) is 29.6 Å². The van der Waals surface area contributed by atoms with Crippen molar-refractivity contribution in [1.29, 1.82) is 0 Å². The highest BCUT2D eigenvalue weighted by molar-refractivity contribution is 5.46. The van der Waals surface area contributed by atoms with Crippen molar-refractivity contribution in [1.82, 2.24) is 0 Å². The first-order chi connectivity index (χ1) is 7.25. The lowest BCUT2D eigenvalue weighted by atomic mass is 10.2. The van der Waals surface area contributed by atoms with Gasteiger partial charge in [-0.3, -0.25) is 0 Å². The van der Waals surface area contributed by atoms with Crippen LogP contribution >= 0.6 is 0 Å². The van der Waals surface area contributed by atoms with Crippen LogP contribution in [0.1, 0.15) is 12.0 Å². The summed E-state index contributed by atoms with van der Waals surface area (Å²) in [7, 11) is 0. The Labute approximate surface area is 88.0 Å². The highest BCUT2D eigenvalue weighted by Gasteiger charge is 2.16. The molecule has 1 fully saturated rings. The van der Waals surface area contributed by atoms with Gasteiger partial charge in [0, 0.05) is 17.9 Å². The van der Waals surface area contributed by atoms with E-state index in [1.807, 2.05) is 0 Å². The second-order valence-electron chi connectivity index (χ2n) is 3.64. The fourth-order valence-corrected chi connectivity index (χ4v) is 1.55. The van der Waals surface area contributed by atoms with Gasteiger partial charge in [0.25, 0.3) is 0 Å². The Hall–Kier alpha value is -1.13. The van der Waals surface area contributed by atoms with Crippen molar-refractivity contribution in [2.75, 3.05) is 18.9 Å². The normalized spacial score (nSPS) is 20.7. The quantitative estimate of drug-likeness (QED) is 0.774. The minimum Gasteiger partial charge on any atom is -0.398 e. The van der Waals surface area contributed by atoms with Gasteiger partial charge in [0.15, 0.2) is 0 Å². The molecule has 0 spiro atoms. The molecule has 1 aliphatic rings. The van der Waals surface area contributed by atoms with Gasteiger partial charge in [-0.15, -0.1) is 0 Å². The predicted molar refractivity (Wildman–Crippen MR) is 54.8 cm³/mol. The number of nitrogen functional groups attached to an aromatic ring is 1. The largest absolute Gasteiger partial charge is 0.398 e. The molecule has 1 saturated heterocycles. The van der Waals surface area contributed by atoms with Crippen molar-refractivity contribution in [3.8, 4) is 0 Å². The van der Waals surface area contributed by atoms with Crippen LogP contribution in [0.15, 0.2) is 18.2 Å². The van der Waals surface area contributed by atoms with Crippen molar-refractivity contribution in [3.63, 3.8) is 0 Å². The van der Waals surface area contributed by atoms with Gasteiger partial charge in [0.1, 0.15) is 5.82 Å². The lowest BCUT2D eigenvalue weighted by Gasteiger charge is -2.11. The maximum atomic E-state index is 12.7. The number of halogens is 1. The summed E-state index contributed by atoms with van der Waals surface area (Å²) >= 11 is 0. The van der Waals surface area contributed by atoms with Crippen LogP contribution < -0.4 is 5.73 Å². The average Bonchev–Trinajstić information content (AvgIpc) is 2.69. The molecule has 0 bridgehead atoms. The first-order valence-electron chi connectivity index (χ1n) is 4.99. The molecule has 0 aliphatic carbocycles. The molecule has 0 aromatic heterocycles. The molecule has 1 atom stereocenters. The fourth-order valence-electron chi connectivity index (χ4n) is 1.55. The van der Waals surface area contributed by atoms with E-state index >= 15 is 0 Å². The standard InChI is InChI=1S/C11H14FNO2/c12-9-2-1-8(11(13)5-9)6-15-10-3-4-14-7-10/h1-2,5,10H,3-4,6-7,13H2. The highest BCUT2D eigenvalue weighted by atomic mass is 19.1. The molecular weight excluding hydrogens is 197 g/mol. The third-order valence-electron chi connectivity index (χ3n) is 2.47. The summed E-state index contributed by atoms with van der Waals surface area (Å²) in [5.74, 6) is -0.319. The van der Waals surface area contributed by atoms with Gasteiger partial charge in [-0.1, -0.05) is 6.07 Å². The fraction of sp³-hybridized carbons (Fsp3) is 0.455. The Balaban J connectivity index is 1.92. The molecule has 1 heterocycles. The smallest absolute Gasteiger partial charge is 0.125 e. The first kappa shape index (κ1) is 10.4. The van der Waals surface area contributed by atoms with Crippen LogP contribution in [-0.4, -0.2) is 19.3 Å². The van der Waals surface area contributed by atoms with E-state index in [1.165, 1.54) is 12.1 Å². The monoisotopic (exact) mass is 211 g/mol. The molecule has 1 unspecified atom stereocenters. The average molecular weight is 211 g/mol. The van der Waals surface area contributed by atoms with E-state index in [1.54, 1.807) is 6.07 Å². The molecule has 3 nitrogen and oxygen atoms in total. The Morgan fingerprint density at radius 2 is 2.40 bits per heavy atom. The number of hydrogen-bond acceptors (Lipinski definition) is 3. The van der Waals surface area contributed by atoms with Gasteiger partial charge in [0.2, 0.25) is 0 Å². The molecule has 0 saturated carbocycles. The maximum absolute atomic E-state index is 12.7. The number of ether oxygens (including phenoxy) is 2. The van der Waals surface area contributed by atoms with Gasteiger partial charge >= 0.3 is 0 Å². The van der Waals surface area contributed by atoms with E-state index in [0.717, 1.165) is 18.6 Å². The van der Waals surface area contributed by atoms with Gasteiger partial charge < -0.3 is 15.2 Å². The molecule has 15 heavy (non-hydrogen) atoms. The summed E-state index contributed by atoms with van der Waals surface area (Å²) in [5.41, 5.74) is 6.92. The highest BCUT2D eigenvalue weighted by Crippen LogP contribution is 2.17. The molecule has 1 aromatic carbocycles. The van der Waals surface area contributed by atoms with E-state index in [2.05, 4.69) is 0 Å². The van der Waals surface area contributed by atoms with Crippen LogP contribution in [0.2, 0.25) is 0 Å². The predicted octanol–water partition coefficient (Wildman–Crippen LogP) is 1.71. The molecule has 2 rings (SSSR count). The molecule has 1 aromatic rings. The minimum absolute atomic E-state index is 0.148. The van der Waals surface area contributed by atoms with E-state index in [0.29, 0.717) is 18.9 Å². The summed E-state index contributed by atoms with van der Waals surface area (Å²) in [4.78, 5) is 0. The van der Waals surface area contributed by atoms with Gasteiger partial charge in [-0.25, -0.2) is 4.39 Å². The number of anilines is 1. The summed E-state index contributed by atoms with van der Waals surface area (Å²) in [6.07, 6.45) is 1.07. The number of hydrogen-bond donors (Lipinski definition) is 1. The summed E-state index contributed by atoms with van der Waals surface area (Å²) in [6.45, 7) is 1.81. The molecule has 0 amide bonds. The number of benzene rings is 1. The Kier molecular flexibility index (Phi) is 3.18. The summed E-state index contributed by atoms with van der Waals surface area (Å²) < 4.78 is 23.5. The molecule has 1 aliphatic heterocycles. The van der Waals surface area contributed by atoms with Crippen LogP contribution in [0.3, 0.4) is 0 Å². The Morgan fingerprint density at radius 1 is 1.53 bits per heavy atom. The maximum Gasteiger partial charge on any atom is 0.125 e. The lowest BCUT2D eigenvalue weighted by Crippen LogP contribution is -2.12. The van der Waals surface area contributed by atoms with Crippen molar-refractivity contribution < 1.29 is 13.9 Å². The topological polar surface area (TPSA) is 44.5 Å². The first-order valence-corrected chi connectivity index (χ1v) is 4.99. The molecule has 82 valence electrons. The van der Waals surface area contributed by atoms with E-state index in [4.69, 9.17) is 15.2 Å². The number of rotatable bonds is 3. The second kappa shape index (κ2) is 4.59. The molecule has 4 heteroatoms. The third-order valence-corrected chi connectivity index (χ3v) is 2.47. The van der Waals surface area contributed by atoms with Crippen LogP contribution in [0.5, 0.6) is 0 Å². The van der Waals surface area contributed by atoms with Crippen molar-refractivity contribution in [2.24, 2.45) is 0 Å². The second-order valence-corrected chi connectivity index (χ2v) is 3.64. The van der Waals surface area contributed by atoms with Gasteiger partial charge in [0.05, 0.1) is 19.3 Å². The lowest BCUT2D eigenvalue weighted by molar-refractivity contribution is 0.0320. The van der Waals surface area contributed by atoms with Crippen LogP contribution in [0.4, 0.5) is 10.1 Å². The SMILES string of the molecule is Nc1cc(F)ccc1COC1CCOC1. The van der Waals surface area contributed by atoms with E-state index in [-0.39, 0.29) is 11.9 Å². The molecule has 0 radical (unpaired) electrons. The van der Waals surface area contributed by atoms with E-state index < -0.39 is 0 Å². The molecular formula is C11H14FNO2. The van der Waals surface area contributed by atoms with Crippen molar-refractivity contribution >= 4 is 5.69 Å².